The smallest absolute Gasteiger partial charge is 0.309 e. The number of nitrogens with one attached hydrogen (secondary N) is 1. The van der Waals surface area contributed by atoms with E-state index in [1.165, 1.54) is 0 Å². The predicted octanol–water partition coefficient (Wildman–Crippen LogP) is 5.03. The highest BCUT2D eigenvalue weighted by molar-refractivity contribution is 5.92. The number of halogens is 3. The Balaban J connectivity index is 1.62. The van der Waals surface area contributed by atoms with E-state index >= 15 is 0 Å². The van der Waals surface area contributed by atoms with E-state index in [-0.39, 0.29) is 18.8 Å². The molecule has 144 valence electrons. The monoisotopic (exact) mass is 377 g/mol. The maximum atomic E-state index is 13.2. The third-order valence-electron chi connectivity index (χ3n) is 5.86. The molecule has 2 fully saturated rings. The standard InChI is InChI=1S/C20H22F3N3O/c1-26-17(14-6-3-2-4-7-14)16(13-8-5-9-13)18(25-26)24-15(27)12-19(10-11-19)20(21,22)23/h2-4,6-7,13H,5,8-12H2,1H3,(H,24,25,27). The molecule has 0 radical (unpaired) electrons. The molecule has 1 aromatic heterocycles. The fraction of sp³-hybridized carbons (Fsp3) is 0.500. The number of rotatable bonds is 5. The number of aromatic nitrogens is 2. The average molecular weight is 377 g/mol. The SMILES string of the molecule is Cn1nc(NC(=O)CC2(C(F)(F)F)CC2)c(C2CCC2)c1-c1ccccc1. The normalized spacial score (nSPS) is 18.8. The van der Waals surface area contributed by atoms with Crippen molar-refractivity contribution in [3.63, 3.8) is 0 Å². The number of anilines is 1. The molecule has 7 heteroatoms. The number of hydrogen-bond acceptors (Lipinski definition) is 2. The van der Waals surface area contributed by atoms with Crippen molar-refractivity contribution in [2.24, 2.45) is 12.5 Å². The van der Waals surface area contributed by atoms with Crippen LogP contribution >= 0.6 is 0 Å². The van der Waals surface area contributed by atoms with Crippen LogP contribution in [0.2, 0.25) is 0 Å². The van der Waals surface area contributed by atoms with Gasteiger partial charge in [-0.2, -0.15) is 18.3 Å². The van der Waals surface area contributed by atoms with E-state index in [2.05, 4.69) is 10.4 Å². The van der Waals surface area contributed by atoms with Gasteiger partial charge in [-0.25, -0.2) is 0 Å². The highest BCUT2D eigenvalue weighted by atomic mass is 19.4. The minimum atomic E-state index is -4.33. The zero-order chi connectivity index (χ0) is 19.2. The highest BCUT2D eigenvalue weighted by Crippen LogP contribution is 2.60. The molecule has 0 saturated heterocycles. The summed E-state index contributed by atoms with van der Waals surface area (Å²) < 4.78 is 41.2. The number of amides is 1. The number of carbonyl (C=O) groups is 1. The van der Waals surface area contributed by atoms with Gasteiger partial charge < -0.3 is 5.32 Å². The number of alkyl halides is 3. The minimum absolute atomic E-state index is 0.0247. The van der Waals surface area contributed by atoms with Gasteiger partial charge in [-0.3, -0.25) is 9.48 Å². The second-order valence-electron chi connectivity index (χ2n) is 7.73. The molecule has 0 spiro atoms. The van der Waals surface area contributed by atoms with Crippen molar-refractivity contribution in [1.29, 1.82) is 0 Å². The zero-order valence-corrected chi connectivity index (χ0v) is 15.1. The van der Waals surface area contributed by atoms with Crippen LogP contribution in [0.3, 0.4) is 0 Å². The topological polar surface area (TPSA) is 46.9 Å². The molecule has 27 heavy (non-hydrogen) atoms. The van der Waals surface area contributed by atoms with Gasteiger partial charge in [-0.1, -0.05) is 36.8 Å². The Morgan fingerprint density at radius 1 is 1.26 bits per heavy atom. The number of hydrogen-bond donors (Lipinski definition) is 1. The van der Waals surface area contributed by atoms with Crippen molar-refractivity contribution < 1.29 is 18.0 Å². The molecular formula is C20H22F3N3O. The van der Waals surface area contributed by atoms with Gasteiger partial charge in [-0.15, -0.1) is 0 Å². The number of carbonyl (C=O) groups excluding carboxylic acids is 1. The first-order chi connectivity index (χ1) is 12.8. The second kappa shape index (κ2) is 6.39. The van der Waals surface area contributed by atoms with Gasteiger partial charge >= 0.3 is 6.18 Å². The van der Waals surface area contributed by atoms with Crippen LogP contribution in [0.25, 0.3) is 11.3 Å². The summed E-state index contributed by atoms with van der Waals surface area (Å²) in [6.07, 6.45) is -1.70. The lowest BCUT2D eigenvalue weighted by Crippen LogP contribution is -2.30. The van der Waals surface area contributed by atoms with Crippen LogP contribution in [0.1, 0.15) is 50.0 Å². The molecule has 1 N–H and O–H groups in total. The van der Waals surface area contributed by atoms with Crippen molar-refractivity contribution in [2.75, 3.05) is 5.32 Å². The first-order valence-electron chi connectivity index (χ1n) is 9.30. The summed E-state index contributed by atoms with van der Waals surface area (Å²) >= 11 is 0. The molecule has 4 rings (SSSR count). The Bertz CT molecular complexity index is 849. The lowest BCUT2D eigenvalue weighted by molar-refractivity contribution is -0.189. The van der Waals surface area contributed by atoms with E-state index in [9.17, 15) is 18.0 Å². The molecule has 1 aromatic carbocycles. The summed E-state index contributed by atoms with van der Waals surface area (Å²) in [5.41, 5.74) is 1.02. The summed E-state index contributed by atoms with van der Waals surface area (Å²) in [5.74, 6) is 0.0776. The summed E-state index contributed by atoms with van der Waals surface area (Å²) in [4.78, 5) is 12.4. The largest absolute Gasteiger partial charge is 0.395 e. The first-order valence-corrected chi connectivity index (χ1v) is 9.30. The predicted molar refractivity (Wildman–Crippen MR) is 96.2 cm³/mol. The third kappa shape index (κ3) is 3.24. The summed E-state index contributed by atoms with van der Waals surface area (Å²) in [7, 11) is 1.80. The first kappa shape index (κ1) is 18.1. The lowest BCUT2D eigenvalue weighted by Gasteiger charge is -2.27. The molecule has 0 unspecified atom stereocenters. The van der Waals surface area contributed by atoms with Gasteiger partial charge in [0, 0.05) is 24.6 Å². The van der Waals surface area contributed by atoms with E-state index in [4.69, 9.17) is 0 Å². The van der Waals surface area contributed by atoms with Crippen molar-refractivity contribution in [3.8, 4) is 11.3 Å². The van der Waals surface area contributed by atoms with Crippen LogP contribution in [0.15, 0.2) is 30.3 Å². The molecule has 2 aliphatic carbocycles. The van der Waals surface area contributed by atoms with Gasteiger partial charge in [0.15, 0.2) is 5.82 Å². The van der Waals surface area contributed by atoms with Gasteiger partial charge in [0.25, 0.3) is 0 Å². The van der Waals surface area contributed by atoms with Crippen molar-refractivity contribution >= 4 is 11.7 Å². The molecule has 4 nitrogen and oxygen atoms in total. The summed E-state index contributed by atoms with van der Waals surface area (Å²) in [6.45, 7) is 0. The van der Waals surface area contributed by atoms with Crippen molar-refractivity contribution in [3.05, 3.63) is 35.9 Å². The quantitative estimate of drug-likeness (QED) is 0.795. The van der Waals surface area contributed by atoms with Crippen LogP contribution in [0.5, 0.6) is 0 Å². The third-order valence-corrected chi connectivity index (χ3v) is 5.86. The van der Waals surface area contributed by atoms with E-state index in [1.54, 1.807) is 11.7 Å². The van der Waals surface area contributed by atoms with Crippen LogP contribution in [-0.2, 0) is 11.8 Å². The van der Waals surface area contributed by atoms with E-state index < -0.39 is 23.9 Å². The second-order valence-corrected chi connectivity index (χ2v) is 7.73. The Kier molecular flexibility index (Phi) is 4.28. The lowest BCUT2D eigenvalue weighted by atomic mass is 9.79. The van der Waals surface area contributed by atoms with Crippen LogP contribution < -0.4 is 5.32 Å². The molecule has 0 atom stereocenters. The van der Waals surface area contributed by atoms with E-state index in [0.29, 0.717) is 5.82 Å². The number of nitrogens with zero attached hydrogens (tertiary/aromatic N) is 2. The molecule has 1 amide bonds. The Morgan fingerprint density at radius 2 is 1.93 bits per heavy atom. The molecule has 2 aliphatic rings. The zero-order valence-electron chi connectivity index (χ0n) is 15.1. The highest BCUT2D eigenvalue weighted by Gasteiger charge is 2.63. The average Bonchev–Trinajstić information content (AvgIpc) is 3.27. The van der Waals surface area contributed by atoms with Crippen LogP contribution in [0, 0.1) is 5.41 Å². The molecule has 2 saturated carbocycles. The van der Waals surface area contributed by atoms with Gasteiger partial charge in [0.1, 0.15) is 0 Å². The summed E-state index contributed by atoms with van der Waals surface area (Å²) in [5, 5.41) is 7.13. The maximum Gasteiger partial charge on any atom is 0.395 e. The molecule has 2 aromatic rings. The fourth-order valence-electron chi connectivity index (χ4n) is 3.85. The van der Waals surface area contributed by atoms with E-state index in [0.717, 1.165) is 36.1 Å². The molecule has 0 aliphatic heterocycles. The molecule has 0 bridgehead atoms. The molecular weight excluding hydrogens is 355 g/mol. The van der Waals surface area contributed by atoms with Crippen molar-refractivity contribution in [1.82, 2.24) is 9.78 Å². The Hall–Kier alpha value is -2.31. The van der Waals surface area contributed by atoms with Gasteiger partial charge in [0.05, 0.1) is 11.1 Å². The van der Waals surface area contributed by atoms with Crippen molar-refractivity contribution in [2.45, 2.75) is 50.6 Å². The number of aryl methyl sites for hydroxylation is 1. The van der Waals surface area contributed by atoms with Gasteiger partial charge in [0.2, 0.25) is 5.91 Å². The van der Waals surface area contributed by atoms with Crippen LogP contribution in [0.4, 0.5) is 19.0 Å². The minimum Gasteiger partial charge on any atom is -0.309 e. The maximum absolute atomic E-state index is 13.2. The summed E-state index contributed by atoms with van der Waals surface area (Å²) in [6, 6.07) is 9.76. The Morgan fingerprint density at radius 3 is 2.44 bits per heavy atom. The van der Waals surface area contributed by atoms with Gasteiger partial charge in [-0.05, 0) is 31.6 Å². The van der Waals surface area contributed by atoms with Crippen LogP contribution in [-0.4, -0.2) is 21.9 Å². The Labute approximate surface area is 155 Å². The van der Waals surface area contributed by atoms with E-state index in [1.807, 2.05) is 30.3 Å². The molecule has 1 heterocycles. The fourth-order valence-corrected chi connectivity index (χ4v) is 3.85. The number of benzene rings is 1.